The first-order chi connectivity index (χ1) is 12.7. The molecule has 6 nitrogen and oxygen atoms in total. The monoisotopic (exact) mass is 457 g/mol. The van der Waals surface area contributed by atoms with Gasteiger partial charge in [0.2, 0.25) is 0 Å². The van der Waals surface area contributed by atoms with Crippen LogP contribution in [-0.4, -0.2) is 55.4 Å². The van der Waals surface area contributed by atoms with Crippen LogP contribution in [0.3, 0.4) is 0 Å². The molecule has 1 aromatic carbocycles. The molecule has 0 aromatic heterocycles. The van der Waals surface area contributed by atoms with Gasteiger partial charge in [-0.15, -0.1) is 0 Å². The molecule has 1 fully saturated rings. The first-order valence-corrected chi connectivity index (χ1v) is 11.4. The van der Waals surface area contributed by atoms with Crippen molar-refractivity contribution in [3.8, 4) is 0 Å². The molecule has 148 valence electrons. The average molecular weight is 458 g/mol. The Morgan fingerprint density at radius 2 is 2.00 bits per heavy atom. The van der Waals surface area contributed by atoms with Crippen molar-refractivity contribution >= 4 is 43.7 Å². The van der Waals surface area contributed by atoms with Crippen molar-refractivity contribution in [2.45, 2.75) is 38.8 Å². The summed E-state index contributed by atoms with van der Waals surface area (Å²) in [5.41, 5.74) is 0.832. The van der Waals surface area contributed by atoms with Gasteiger partial charge in [0.1, 0.15) is 0 Å². The van der Waals surface area contributed by atoms with Crippen LogP contribution in [0.4, 0.5) is 0 Å². The first kappa shape index (κ1) is 21.6. The lowest BCUT2D eigenvalue weighted by Gasteiger charge is -2.33. The summed E-state index contributed by atoms with van der Waals surface area (Å²) in [6, 6.07) is 6.92. The molecule has 0 spiro atoms. The number of amides is 1. The van der Waals surface area contributed by atoms with Crippen LogP contribution in [0.25, 0.3) is 6.08 Å². The molecular weight excluding hydrogens is 434 g/mol. The van der Waals surface area contributed by atoms with Crippen LogP contribution in [-0.2, 0) is 24.2 Å². The van der Waals surface area contributed by atoms with Gasteiger partial charge in [-0.2, -0.15) is 0 Å². The van der Waals surface area contributed by atoms with Gasteiger partial charge < -0.3 is 9.64 Å². The minimum atomic E-state index is -3.11. The number of carbonyl (C=O) groups excluding carboxylic acids is 2. The van der Waals surface area contributed by atoms with Crippen LogP contribution in [0.15, 0.2) is 34.8 Å². The van der Waals surface area contributed by atoms with Crippen molar-refractivity contribution in [1.29, 1.82) is 0 Å². The van der Waals surface area contributed by atoms with Crippen LogP contribution >= 0.6 is 15.9 Å². The summed E-state index contributed by atoms with van der Waals surface area (Å²) >= 11 is 3.34. The zero-order chi connectivity index (χ0) is 20.0. The number of hydrogen-bond donors (Lipinski definition) is 0. The highest BCUT2D eigenvalue weighted by Gasteiger charge is 2.36. The fraction of sp³-hybridized carbons (Fsp3) is 0.474. The molecule has 0 saturated carbocycles. The van der Waals surface area contributed by atoms with Crippen molar-refractivity contribution in [3.63, 3.8) is 0 Å². The van der Waals surface area contributed by atoms with E-state index in [2.05, 4.69) is 15.9 Å². The average Bonchev–Trinajstić information content (AvgIpc) is 2.98. The Balaban J connectivity index is 1.94. The number of carbonyl (C=O) groups is 2. The summed E-state index contributed by atoms with van der Waals surface area (Å²) in [6.45, 7) is 3.41. The molecule has 1 heterocycles. The number of sulfone groups is 1. The third-order valence-corrected chi connectivity index (χ3v) is 6.85. The smallest absolute Gasteiger partial charge is 0.331 e. The van der Waals surface area contributed by atoms with Crippen molar-refractivity contribution in [1.82, 2.24) is 4.90 Å². The molecule has 1 aliphatic rings. The molecule has 2 rings (SSSR count). The Labute approximate surface area is 168 Å². The molecule has 0 unspecified atom stereocenters. The third kappa shape index (κ3) is 6.46. The van der Waals surface area contributed by atoms with Crippen molar-refractivity contribution in [2.24, 2.45) is 0 Å². The second-order valence-corrected chi connectivity index (χ2v) is 9.75. The number of benzene rings is 1. The summed E-state index contributed by atoms with van der Waals surface area (Å²) in [7, 11) is -3.11. The summed E-state index contributed by atoms with van der Waals surface area (Å²) in [5.74, 6) is -0.917. The predicted molar refractivity (Wildman–Crippen MR) is 108 cm³/mol. The highest BCUT2D eigenvalue weighted by atomic mass is 79.9. The summed E-state index contributed by atoms with van der Waals surface area (Å²) in [5, 5.41) is 0. The lowest BCUT2D eigenvalue weighted by atomic mass is 10.1. The number of rotatable bonds is 7. The number of hydrogen-bond acceptors (Lipinski definition) is 5. The second kappa shape index (κ2) is 9.50. The zero-order valence-electron chi connectivity index (χ0n) is 15.4. The van der Waals surface area contributed by atoms with E-state index in [0.29, 0.717) is 12.8 Å². The van der Waals surface area contributed by atoms with Gasteiger partial charge in [0.05, 0.1) is 11.5 Å². The third-order valence-electron chi connectivity index (χ3n) is 4.58. The molecule has 1 amide bonds. The van der Waals surface area contributed by atoms with E-state index >= 15 is 0 Å². The topological polar surface area (TPSA) is 80.8 Å². The van der Waals surface area contributed by atoms with E-state index < -0.39 is 22.4 Å². The van der Waals surface area contributed by atoms with E-state index in [4.69, 9.17) is 4.74 Å². The molecule has 1 saturated heterocycles. The molecule has 0 aliphatic carbocycles. The highest BCUT2D eigenvalue weighted by molar-refractivity contribution is 9.10. The molecule has 1 aromatic rings. The van der Waals surface area contributed by atoms with E-state index in [1.807, 2.05) is 38.1 Å². The van der Waals surface area contributed by atoms with E-state index in [0.717, 1.165) is 10.0 Å². The van der Waals surface area contributed by atoms with Crippen LogP contribution in [0.2, 0.25) is 0 Å². The molecule has 8 heteroatoms. The van der Waals surface area contributed by atoms with Crippen LogP contribution < -0.4 is 0 Å². The predicted octanol–water partition coefficient (Wildman–Crippen LogP) is 2.82. The molecule has 1 aliphatic heterocycles. The maximum Gasteiger partial charge on any atom is 0.331 e. The Morgan fingerprint density at radius 1 is 1.33 bits per heavy atom. The fourth-order valence-electron chi connectivity index (χ4n) is 2.99. The molecule has 27 heavy (non-hydrogen) atoms. The van der Waals surface area contributed by atoms with E-state index in [1.54, 1.807) is 11.0 Å². The standard InChI is InChI=1S/C19H24BrNO5S/c1-3-14(2)21(17-10-11-27(24,25)13-17)18(22)12-26-19(23)9-6-15-4-7-16(20)8-5-15/h4-9,14,17H,3,10-13H2,1-2H3/b9-6+/t14-,17-/m1/s1. The van der Waals surface area contributed by atoms with Gasteiger partial charge >= 0.3 is 5.97 Å². The maximum absolute atomic E-state index is 12.6. The Hall–Kier alpha value is -1.67. The van der Waals surface area contributed by atoms with E-state index in [-0.39, 0.29) is 29.5 Å². The van der Waals surface area contributed by atoms with Gasteiger partial charge in [-0.3, -0.25) is 4.79 Å². The summed E-state index contributed by atoms with van der Waals surface area (Å²) < 4.78 is 29.5. The van der Waals surface area contributed by atoms with Gasteiger partial charge in [-0.25, -0.2) is 13.2 Å². The van der Waals surface area contributed by atoms with Gasteiger partial charge in [0.25, 0.3) is 5.91 Å². The van der Waals surface area contributed by atoms with Crippen LogP contribution in [0.5, 0.6) is 0 Å². The maximum atomic E-state index is 12.6. The number of ether oxygens (including phenoxy) is 1. The Morgan fingerprint density at radius 3 is 2.56 bits per heavy atom. The molecule has 0 bridgehead atoms. The van der Waals surface area contributed by atoms with Crippen LogP contribution in [0.1, 0.15) is 32.3 Å². The molecule has 2 atom stereocenters. The quantitative estimate of drug-likeness (QED) is 0.464. The minimum absolute atomic E-state index is 0.0273. The van der Waals surface area contributed by atoms with Gasteiger partial charge in [-0.1, -0.05) is 35.0 Å². The Kier molecular flexibility index (Phi) is 7.61. The first-order valence-electron chi connectivity index (χ1n) is 8.84. The number of halogens is 1. The number of esters is 1. The van der Waals surface area contributed by atoms with Crippen molar-refractivity contribution < 1.29 is 22.7 Å². The number of nitrogens with zero attached hydrogens (tertiary/aromatic N) is 1. The van der Waals surface area contributed by atoms with Crippen molar-refractivity contribution in [3.05, 3.63) is 40.4 Å². The summed E-state index contributed by atoms with van der Waals surface area (Å²) in [6.07, 6.45) is 3.99. The van der Waals surface area contributed by atoms with Crippen LogP contribution in [0, 0.1) is 0 Å². The minimum Gasteiger partial charge on any atom is -0.452 e. The lowest BCUT2D eigenvalue weighted by Crippen LogP contribution is -2.48. The van der Waals surface area contributed by atoms with Gasteiger partial charge in [0.15, 0.2) is 16.4 Å². The lowest BCUT2D eigenvalue weighted by molar-refractivity contribution is -0.150. The van der Waals surface area contributed by atoms with Crippen molar-refractivity contribution in [2.75, 3.05) is 18.1 Å². The fourth-order valence-corrected chi connectivity index (χ4v) is 4.97. The molecular formula is C19H24BrNO5S. The second-order valence-electron chi connectivity index (χ2n) is 6.61. The van der Waals surface area contributed by atoms with E-state index in [1.165, 1.54) is 6.08 Å². The SMILES string of the molecule is CC[C@@H](C)N(C(=O)COC(=O)/C=C/c1ccc(Br)cc1)[C@@H]1CCS(=O)(=O)C1. The normalized spacial score (nSPS) is 19.7. The van der Waals surface area contributed by atoms with Gasteiger partial charge in [-0.05, 0) is 43.5 Å². The van der Waals surface area contributed by atoms with Gasteiger partial charge in [0, 0.05) is 22.6 Å². The largest absolute Gasteiger partial charge is 0.452 e. The summed E-state index contributed by atoms with van der Waals surface area (Å²) in [4.78, 5) is 26.0. The molecule has 0 radical (unpaired) electrons. The highest BCUT2D eigenvalue weighted by Crippen LogP contribution is 2.21. The Bertz CT molecular complexity index is 804. The zero-order valence-corrected chi connectivity index (χ0v) is 17.8. The molecule has 0 N–H and O–H groups in total. The van der Waals surface area contributed by atoms with E-state index in [9.17, 15) is 18.0 Å².